The van der Waals surface area contributed by atoms with E-state index in [9.17, 15) is 9.18 Å². The van der Waals surface area contributed by atoms with Gasteiger partial charge in [-0.15, -0.1) is 0 Å². The van der Waals surface area contributed by atoms with E-state index in [4.69, 9.17) is 16.2 Å². The molecular formula is C24H26FN5O2. The van der Waals surface area contributed by atoms with Crippen LogP contribution in [0.15, 0.2) is 42.6 Å². The van der Waals surface area contributed by atoms with Crippen molar-refractivity contribution in [2.45, 2.75) is 27.7 Å². The summed E-state index contributed by atoms with van der Waals surface area (Å²) in [5.74, 6) is 0.182. The van der Waals surface area contributed by atoms with Crippen LogP contribution < -0.4 is 16.2 Å². The monoisotopic (exact) mass is 435 g/mol. The maximum atomic E-state index is 13.3. The Morgan fingerprint density at radius 3 is 2.34 bits per heavy atom. The molecule has 0 aliphatic carbocycles. The van der Waals surface area contributed by atoms with Gasteiger partial charge in [-0.05, 0) is 49.7 Å². The minimum absolute atomic E-state index is 0.150. The molecule has 0 spiro atoms. The number of benzene rings is 2. The summed E-state index contributed by atoms with van der Waals surface area (Å²) in [6.45, 7) is 7.83. The van der Waals surface area contributed by atoms with Gasteiger partial charge >= 0.3 is 0 Å². The van der Waals surface area contributed by atoms with Crippen molar-refractivity contribution in [2.75, 3.05) is 12.8 Å². The largest absolute Gasteiger partial charge is 0.496 e. The summed E-state index contributed by atoms with van der Waals surface area (Å²) < 4.78 is 20.5. The number of nitrogens with two attached hydrogens (primary N) is 2. The first kappa shape index (κ1) is 22.7. The van der Waals surface area contributed by atoms with Crippen LogP contribution in [-0.4, -0.2) is 27.6 Å². The van der Waals surface area contributed by atoms with Crippen molar-refractivity contribution in [2.24, 2.45) is 5.73 Å². The Balaban J connectivity index is 0.00000141. The molecule has 2 heterocycles. The Hall–Kier alpha value is -3.94. The summed E-state index contributed by atoms with van der Waals surface area (Å²) in [7, 11) is 1.59. The van der Waals surface area contributed by atoms with Gasteiger partial charge in [0.15, 0.2) is 11.5 Å². The first-order valence-electron chi connectivity index (χ1n) is 10.2. The predicted octanol–water partition coefficient (Wildman–Crippen LogP) is 4.56. The Morgan fingerprint density at radius 2 is 1.75 bits per heavy atom. The average Bonchev–Trinajstić information content (AvgIpc) is 3.07. The molecule has 4 rings (SSSR count). The van der Waals surface area contributed by atoms with Crippen LogP contribution in [0.2, 0.25) is 0 Å². The minimum atomic E-state index is -0.674. The van der Waals surface area contributed by atoms with E-state index in [1.165, 1.54) is 18.3 Å². The van der Waals surface area contributed by atoms with Gasteiger partial charge in [0.25, 0.3) is 5.91 Å². The van der Waals surface area contributed by atoms with E-state index < -0.39 is 5.91 Å². The van der Waals surface area contributed by atoms with Crippen molar-refractivity contribution in [1.82, 2.24) is 14.5 Å². The number of anilines is 1. The second-order valence-electron chi connectivity index (χ2n) is 6.96. The van der Waals surface area contributed by atoms with Crippen LogP contribution in [0.4, 0.5) is 10.2 Å². The van der Waals surface area contributed by atoms with Crippen LogP contribution in [0, 0.1) is 19.7 Å². The molecule has 0 atom stereocenters. The highest BCUT2D eigenvalue weighted by atomic mass is 19.1. The number of nitrogens with zero attached hydrogens (tertiary/aromatic N) is 3. The number of hydrogen-bond donors (Lipinski definition) is 2. The number of rotatable bonds is 4. The smallest absolute Gasteiger partial charge is 0.253 e. The summed E-state index contributed by atoms with van der Waals surface area (Å²) in [4.78, 5) is 21.2. The molecule has 7 nitrogen and oxygen atoms in total. The third-order valence-electron chi connectivity index (χ3n) is 5.12. The highest BCUT2D eigenvalue weighted by Crippen LogP contribution is 2.36. The number of primary amides is 1. The molecule has 0 saturated carbocycles. The van der Waals surface area contributed by atoms with Crippen molar-refractivity contribution >= 4 is 22.8 Å². The Labute approximate surface area is 185 Å². The van der Waals surface area contributed by atoms with Crippen molar-refractivity contribution in [3.05, 3.63) is 65.1 Å². The molecule has 8 heteroatoms. The standard InChI is InChI=1S/C22H20FN5O2.C2H6/c1-11-4-9-16(30-3)12(2)18(11)28-19(24)17(20(25)29)15-10-26-21(27-22(15)28)13-5-7-14(23)8-6-13;1-2/h4-10H,24H2,1-3H3,(H2,25,29);1-2H3. The number of ether oxygens (including phenoxy) is 1. The normalized spacial score (nSPS) is 10.6. The number of aromatic nitrogens is 3. The van der Waals surface area contributed by atoms with Gasteiger partial charge in [-0.2, -0.15) is 0 Å². The fourth-order valence-corrected chi connectivity index (χ4v) is 3.69. The molecule has 0 radical (unpaired) electrons. The predicted molar refractivity (Wildman–Crippen MR) is 125 cm³/mol. The van der Waals surface area contributed by atoms with Crippen LogP contribution in [-0.2, 0) is 0 Å². The number of fused-ring (bicyclic) bond motifs is 1. The summed E-state index contributed by atoms with van der Waals surface area (Å²) in [5.41, 5.74) is 15.7. The molecule has 4 N–H and O–H groups in total. The van der Waals surface area contributed by atoms with Gasteiger partial charge in [0.1, 0.15) is 17.4 Å². The molecule has 0 fully saturated rings. The van der Waals surface area contributed by atoms with Crippen molar-refractivity contribution < 1.29 is 13.9 Å². The third kappa shape index (κ3) is 3.75. The minimum Gasteiger partial charge on any atom is -0.496 e. The van der Waals surface area contributed by atoms with Gasteiger partial charge in [0.05, 0.1) is 23.7 Å². The van der Waals surface area contributed by atoms with Gasteiger partial charge in [-0.3, -0.25) is 9.36 Å². The number of methoxy groups -OCH3 is 1. The molecule has 0 bridgehead atoms. The number of aryl methyl sites for hydroxylation is 1. The Bertz CT molecular complexity index is 1300. The molecule has 2 aromatic heterocycles. The number of halogens is 1. The van der Waals surface area contributed by atoms with Crippen molar-refractivity contribution in [3.8, 4) is 22.8 Å². The Morgan fingerprint density at radius 1 is 1.09 bits per heavy atom. The lowest BCUT2D eigenvalue weighted by atomic mass is 10.1. The van der Waals surface area contributed by atoms with Gasteiger partial charge in [-0.25, -0.2) is 14.4 Å². The van der Waals surface area contributed by atoms with Crippen LogP contribution in [0.5, 0.6) is 5.75 Å². The van der Waals surface area contributed by atoms with E-state index in [2.05, 4.69) is 9.97 Å². The van der Waals surface area contributed by atoms with Crippen LogP contribution in [0.3, 0.4) is 0 Å². The zero-order valence-electron chi connectivity index (χ0n) is 18.7. The van der Waals surface area contributed by atoms with Gasteiger partial charge in [0, 0.05) is 17.3 Å². The highest BCUT2D eigenvalue weighted by Gasteiger charge is 2.24. The van der Waals surface area contributed by atoms with E-state index in [1.54, 1.807) is 23.8 Å². The van der Waals surface area contributed by atoms with E-state index in [0.29, 0.717) is 28.2 Å². The van der Waals surface area contributed by atoms with Crippen LogP contribution in [0.1, 0.15) is 35.3 Å². The molecule has 2 aromatic carbocycles. The van der Waals surface area contributed by atoms with Crippen LogP contribution in [0.25, 0.3) is 28.1 Å². The Kier molecular flexibility index (Phi) is 6.43. The molecule has 0 aliphatic rings. The molecule has 0 aliphatic heterocycles. The zero-order valence-corrected chi connectivity index (χ0v) is 18.7. The quantitative estimate of drug-likeness (QED) is 0.488. The summed E-state index contributed by atoms with van der Waals surface area (Å²) >= 11 is 0. The van der Waals surface area contributed by atoms with Crippen LogP contribution >= 0.6 is 0 Å². The molecule has 0 unspecified atom stereocenters. The number of carbonyl (C=O) groups excluding carboxylic acids is 1. The lowest BCUT2D eigenvalue weighted by molar-refractivity contribution is 0.100. The summed E-state index contributed by atoms with van der Waals surface area (Å²) in [5, 5.41) is 0.437. The van der Waals surface area contributed by atoms with E-state index in [0.717, 1.165) is 16.8 Å². The summed E-state index contributed by atoms with van der Waals surface area (Å²) in [6, 6.07) is 9.61. The summed E-state index contributed by atoms with van der Waals surface area (Å²) in [6.07, 6.45) is 1.51. The first-order chi connectivity index (χ1) is 15.3. The second kappa shape index (κ2) is 9.05. The molecule has 166 valence electrons. The first-order valence-corrected chi connectivity index (χ1v) is 10.2. The molecular weight excluding hydrogens is 409 g/mol. The third-order valence-corrected chi connectivity index (χ3v) is 5.12. The van der Waals surface area contributed by atoms with E-state index >= 15 is 0 Å². The topological polar surface area (TPSA) is 109 Å². The average molecular weight is 436 g/mol. The molecule has 32 heavy (non-hydrogen) atoms. The number of carbonyl (C=O) groups is 1. The fourth-order valence-electron chi connectivity index (χ4n) is 3.69. The molecule has 4 aromatic rings. The van der Waals surface area contributed by atoms with Crippen molar-refractivity contribution in [1.29, 1.82) is 0 Å². The second-order valence-corrected chi connectivity index (χ2v) is 6.96. The number of amides is 1. The zero-order chi connectivity index (χ0) is 23.6. The van der Waals surface area contributed by atoms with Crippen molar-refractivity contribution in [3.63, 3.8) is 0 Å². The fraction of sp³-hybridized carbons (Fsp3) is 0.208. The SMILES string of the molecule is CC.COc1ccc(C)c(-n2c(N)c(C(N)=O)c3cnc(-c4ccc(F)cc4)nc32)c1C. The van der Waals surface area contributed by atoms with Gasteiger partial charge < -0.3 is 16.2 Å². The molecule has 0 saturated heterocycles. The van der Waals surface area contributed by atoms with Gasteiger partial charge in [0.2, 0.25) is 0 Å². The van der Waals surface area contributed by atoms with E-state index in [-0.39, 0.29) is 17.2 Å². The maximum absolute atomic E-state index is 13.3. The lowest BCUT2D eigenvalue weighted by Gasteiger charge is -2.17. The highest BCUT2D eigenvalue weighted by molar-refractivity contribution is 6.11. The number of hydrogen-bond acceptors (Lipinski definition) is 5. The lowest BCUT2D eigenvalue weighted by Crippen LogP contribution is -2.14. The van der Waals surface area contributed by atoms with E-state index in [1.807, 2.05) is 39.8 Å². The molecule has 1 amide bonds. The maximum Gasteiger partial charge on any atom is 0.253 e. The number of nitrogen functional groups attached to an aromatic ring is 1. The van der Waals surface area contributed by atoms with Gasteiger partial charge in [-0.1, -0.05) is 19.9 Å².